The van der Waals surface area contributed by atoms with E-state index >= 15 is 0 Å². The molecule has 0 radical (unpaired) electrons. The van der Waals surface area contributed by atoms with E-state index in [4.69, 9.17) is 15.2 Å². The summed E-state index contributed by atoms with van der Waals surface area (Å²) in [4.78, 5) is 0. The smallest absolute Gasteiger partial charge is 0.133 e. The maximum atomic E-state index is 6.35. The van der Waals surface area contributed by atoms with E-state index in [1.807, 2.05) is 6.07 Å². The molecule has 1 aliphatic heterocycles. The van der Waals surface area contributed by atoms with Crippen molar-refractivity contribution in [3.63, 3.8) is 0 Å². The molecule has 0 aliphatic carbocycles. The van der Waals surface area contributed by atoms with Crippen LogP contribution in [0.4, 0.5) is 0 Å². The molecule has 1 heterocycles. The molecule has 2 atom stereocenters. The average molecular weight is 328 g/mol. The highest BCUT2D eigenvalue weighted by molar-refractivity contribution is 9.10. The summed E-state index contributed by atoms with van der Waals surface area (Å²) in [7, 11) is 0. The Balaban J connectivity index is 2.05. The second kappa shape index (κ2) is 7.27. The molecule has 2 rings (SSSR count). The summed E-state index contributed by atoms with van der Waals surface area (Å²) in [5, 5.41) is 0. The van der Waals surface area contributed by atoms with Gasteiger partial charge in [0.25, 0.3) is 0 Å². The van der Waals surface area contributed by atoms with Crippen LogP contribution in [0.5, 0.6) is 5.75 Å². The van der Waals surface area contributed by atoms with Gasteiger partial charge < -0.3 is 15.2 Å². The zero-order chi connectivity index (χ0) is 13.7. The average Bonchev–Trinajstić information content (AvgIpc) is 2.46. The highest BCUT2D eigenvalue weighted by Gasteiger charge is 2.23. The topological polar surface area (TPSA) is 44.5 Å². The summed E-state index contributed by atoms with van der Waals surface area (Å²) < 4.78 is 12.1. The van der Waals surface area contributed by atoms with E-state index < -0.39 is 0 Å². The van der Waals surface area contributed by atoms with Gasteiger partial charge in [0, 0.05) is 18.6 Å². The van der Waals surface area contributed by atoms with Gasteiger partial charge in [0.15, 0.2) is 0 Å². The molecule has 1 aromatic rings. The van der Waals surface area contributed by atoms with Gasteiger partial charge in [-0.3, -0.25) is 0 Å². The van der Waals surface area contributed by atoms with Crippen LogP contribution in [0.25, 0.3) is 0 Å². The van der Waals surface area contributed by atoms with Gasteiger partial charge >= 0.3 is 0 Å². The third-order valence-electron chi connectivity index (χ3n) is 3.51. The zero-order valence-corrected chi connectivity index (χ0v) is 13.0. The van der Waals surface area contributed by atoms with E-state index in [1.165, 1.54) is 0 Å². The Morgan fingerprint density at radius 1 is 1.53 bits per heavy atom. The number of benzene rings is 1. The number of halogens is 1. The largest absolute Gasteiger partial charge is 0.492 e. The summed E-state index contributed by atoms with van der Waals surface area (Å²) in [6, 6.07) is 6.18. The molecule has 106 valence electrons. The predicted octanol–water partition coefficient (Wildman–Crippen LogP) is 3.66. The fourth-order valence-corrected chi connectivity index (χ4v) is 2.89. The normalized spacial score (nSPS) is 21.1. The van der Waals surface area contributed by atoms with Gasteiger partial charge in [-0.2, -0.15) is 0 Å². The first-order valence-corrected chi connectivity index (χ1v) is 7.77. The first-order chi connectivity index (χ1) is 9.22. The van der Waals surface area contributed by atoms with Gasteiger partial charge in [0.1, 0.15) is 5.75 Å². The summed E-state index contributed by atoms with van der Waals surface area (Å²) in [6.45, 7) is 4.48. The lowest BCUT2D eigenvalue weighted by Crippen LogP contribution is -2.29. The van der Waals surface area contributed by atoms with Crippen LogP contribution in [0.1, 0.15) is 37.8 Å². The molecule has 2 unspecified atom stereocenters. The molecule has 4 heteroatoms. The van der Waals surface area contributed by atoms with Crippen LogP contribution in [-0.2, 0) is 4.74 Å². The molecule has 0 saturated carbocycles. The van der Waals surface area contributed by atoms with Crippen molar-refractivity contribution in [1.82, 2.24) is 0 Å². The minimum absolute atomic E-state index is 0.0387. The van der Waals surface area contributed by atoms with Gasteiger partial charge in [-0.1, -0.05) is 13.0 Å². The number of ether oxygens (including phenoxy) is 2. The Morgan fingerprint density at radius 2 is 2.37 bits per heavy atom. The van der Waals surface area contributed by atoms with Crippen LogP contribution in [-0.4, -0.2) is 19.8 Å². The highest BCUT2D eigenvalue weighted by atomic mass is 79.9. The second-order valence-corrected chi connectivity index (χ2v) is 5.90. The number of rotatable bonds is 5. The minimum atomic E-state index is 0.0387. The van der Waals surface area contributed by atoms with Crippen molar-refractivity contribution >= 4 is 15.9 Å². The molecule has 0 aromatic heterocycles. The fourth-order valence-electron chi connectivity index (χ4n) is 2.37. The van der Waals surface area contributed by atoms with E-state index in [9.17, 15) is 0 Å². The van der Waals surface area contributed by atoms with E-state index in [0.717, 1.165) is 54.9 Å². The number of hydrogen-bond donors (Lipinski definition) is 1. The standard InChI is InChI=1S/C15H22BrNO2/c1-2-7-19-14-6-5-11(9-13(14)16)15(17)12-4-3-8-18-10-12/h5-6,9,12,15H,2-4,7-8,10,17H2,1H3. The summed E-state index contributed by atoms with van der Waals surface area (Å²) >= 11 is 3.56. The second-order valence-electron chi connectivity index (χ2n) is 5.04. The molecular weight excluding hydrogens is 306 g/mol. The van der Waals surface area contributed by atoms with Crippen LogP contribution >= 0.6 is 15.9 Å². The van der Waals surface area contributed by atoms with Crippen molar-refractivity contribution in [1.29, 1.82) is 0 Å². The van der Waals surface area contributed by atoms with Gasteiger partial charge in [0.2, 0.25) is 0 Å². The Hall–Kier alpha value is -0.580. The van der Waals surface area contributed by atoms with Gasteiger partial charge in [-0.25, -0.2) is 0 Å². The quantitative estimate of drug-likeness (QED) is 0.897. The van der Waals surface area contributed by atoms with Crippen LogP contribution < -0.4 is 10.5 Å². The molecule has 3 nitrogen and oxygen atoms in total. The van der Waals surface area contributed by atoms with E-state index in [-0.39, 0.29) is 6.04 Å². The molecule has 0 bridgehead atoms. The maximum Gasteiger partial charge on any atom is 0.133 e. The zero-order valence-electron chi connectivity index (χ0n) is 11.4. The Bertz CT molecular complexity index is 405. The van der Waals surface area contributed by atoms with Crippen molar-refractivity contribution in [3.05, 3.63) is 28.2 Å². The van der Waals surface area contributed by atoms with Crippen LogP contribution in [0, 0.1) is 5.92 Å². The highest BCUT2D eigenvalue weighted by Crippen LogP contribution is 2.32. The Kier molecular flexibility index (Phi) is 5.67. The minimum Gasteiger partial charge on any atom is -0.492 e. The SMILES string of the molecule is CCCOc1ccc(C(N)C2CCCOC2)cc1Br. The van der Waals surface area contributed by atoms with E-state index in [1.54, 1.807) is 0 Å². The summed E-state index contributed by atoms with van der Waals surface area (Å²) in [5.41, 5.74) is 7.49. The summed E-state index contributed by atoms with van der Waals surface area (Å²) in [6.07, 6.45) is 3.26. The molecule has 1 fully saturated rings. The summed E-state index contributed by atoms with van der Waals surface area (Å²) in [5.74, 6) is 1.31. The van der Waals surface area contributed by atoms with Crippen molar-refractivity contribution in [3.8, 4) is 5.75 Å². The molecule has 19 heavy (non-hydrogen) atoms. The van der Waals surface area contributed by atoms with E-state index in [2.05, 4.69) is 35.0 Å². The molecule has 0 spiro atoms. The predicted molar refractivity (Wildman–Crippen MR) is 80.4 cm³/mol. The monoisotopic (exact) mass is 327 g/mol. The van der Waals surface area contributed by atoms with Crippen LogP contribution in [0.3, 0.4) is 0 Å². The third kappa shape index (κ3) is 3.94. The first-order valence-electron chi connectivity index (χ1n) is 6.98. The van der Waals surface area contributed by atoms with Crippen molar-refractivity contribution in [2.75, 3.05) is 19.8 Å². The molecule has 2 N–H and O–H groups in total. The number of nitrogens with two attached hydrogens (primary N) is 1. The lowest BCUT2D eigenvalue weighted by atomic mass is 9.89. The maximum absolute atomic E-state index is 6.35. The lowest BCUT2D eigenvalue weighted by molar-refractivity contribution is 0.0447. The van der Waals surface area contributed by atoms with E-state index in [0.29, 0.717) is 5.92 Å². The lowest BCUT2D eigenvalue weighted by Gasteiger charge is -2.28. The third-order valence-corrected chi connectivity index (χ3v) is 4.13. The van der Waals surface area contributed by atoms with Gasteiger partial charge in [-0.15, -0.1) is 0 Å². The molecule has 1 aromatic carbocycles. The number of hydrogen-bond acceptors (Lipinski definition) is 3. The molecule has 0 amide bonds. The molecule has 1 saturated heterocycles. The first kappa shape index (κ1) is 14.8. The molecule has 1 aliphatic rings. The molecular formula is C15H22BrNO2. The van der Waals surface area contributed by atoms with Crippen LogP contribution in [0.2, 0.25) is 0 Å². The Labute approximate surface area is 123 Å². The van der Waals surface area contributed by atoms with Crippen molar-refractivity contribution < 1.29 is 9.47 Å². The van der Waals surface area contributed by atoms with Crippen molar-refractivity contribution in [2.45, 2.75) is 32.2 Å². The van der Waals surface area contributed by atoms with Crippen molar-refractivity contribution in [2.24, 2.45) is 11.7 Å². The fraction of sp³-hybridized carbons (Fsp3) is 0.600. The Morgan fingerprint density at radius 3 is 3.00 bits per heavy atom. The van der Waals surface area contributed by atoms with Crippen LogP contribution in [0.15, 0.2) is 22.7 Å². The van der Waals surface area contributed by atoms with Gasteiger partial charge in [0.05, 0.1) is 17.7 Å². The van der Waals surface area contributed by atoms with Gasteiger partial charge in [-0.05, 0) is 52.9 Å².